The van der Waals surface area contributed by atoms with E-state index in [-0.39, 0.29) is 11.7 Å². The van der Waals surface area contributed by atoms with E-state index in [2.05, 4.69) is 15.1 Å². The fourth-order valence-electron chi connectivity index (χ4n) is 3.60. The number of thioether (sulfide) groups is 1. The Kier molecular flexibility index (Phi) is 8.35. The van der Waals surface area contributed by atoms with Crippen molar-refractivity contribution in [1.29, 1.82) is 0 Å². The molecule has 8 nitrogen and oxygen atoms in total. The molecular formula is C26H25ClN4O4S. The molecule has 186 valence electrons. The zero-order valence-electron chi connectivity index (χ0n) is 20.0. The maximum absolute atomic E-state index is 12.5. The predicted molar refractivity (Wildman–Crippen MR) is 143 cm³/mol. The van der Waals surface area contributed by atoms with Gasteiger partial charge in [-0.3, -0.25) is 4.79 Å². The summed E-state index contributed by atoms with van der Waals surface area (Å²) in [6.45, 7) is 0.543. The second-order valence-corrected chi connectivity index (χ2v) is 8.94. The SMILES string of the molecule is COc1cc(OC)c(OC)cc1C=NNC(=O)CSc1nc2ccccc2n1Cc1ccccc1Cl. The van der Waals surface area contributed by atoms with Gasteiger partial charge in [-0.1, -0.05) is 53.7 Å². The first kappa shape index (κ1) is 25.4. The number of carbonyl (C=O) groups is 1. The molecule has 0 spiro atoms. The third-order valence-electron chi connectivity index (χ3n) is 5.37. The molecule has 0 aliphatic rings. The van der Waals surface area contributed by atoms with Crippen molar-refractivity contribution in [3.8, 4) is 17.2 Å². The molecule has 0 bridgehead atoms. The van der Waals surface area contributed by atoms with Gasteiger partial charge in [0.05, 0.1) is 50.9 Å². The van der Waals surface area contributed by atoms with Crippen LogP contribution < -0.4 is 19.6 Å². The quantitative estimate of drug-likeness (QED) is 0.178. The smallest absolute Gasteiger partial charge is 0.250 e. The number of imidazole rings is 1. The number of aromatic nitrogens is 2. The lowest BCUT2D eigenvalue weighted by molar-refractivity contribution is -0.118. The van der Waals surface area contributed by atoms with Crippen LogP contribution in [0.2, 0.25) is 5.02 Å². The zero-order valence-corrected chi connectivity index (χ0v) is 21.6. The summed E-state index contributed by atoms with van der Waals surface area (Å²) < 4.78 is 18.1. The number of ether oxygens (including phenoxy) is 3. The first-order valence-electron chi connectivity index (χ1n) is 11.0. The largest absolute Gasteiger partial charge is 0.496 e. The second kappa shape index (κ2) is 11.8. The highest BCUT2D eigenvalue weighted by molar-refractivity contribution is 7.99. The van der Waals surface area contributed by atoms with E-state index in [0.29, 0.717) is 34.4 Å². The van der Waals surface area contributed by atoms with E-state index in [1.165, 1.54) is 18.0 Å². The molecule has 1 N–H and O–H groups in total. The van der Waals surface area contributed by atoms with Gasteiger partial charge < -0.3 is 18.8 Å². The van der Waals surface area contributed by atoms with E-state index >= 15 is 0 Å². The Labute approximate surface area is 218 Å². The Morgan fingerprint density at radius 3 is 2.47 bits per heavy atom. The van der Waals surface area contributed by atoms with Crippen LogP contribution in [0.25, 0.3) is 11.0 Å². The maximum atomic E-state index is 12.5. The van der Waals surface area contributed by atoms with Crippen LogP contribution in [0.3, 0.4) is 0 Å². The molecule has 0 radical (unpaired) electrons. The number of halogens is 1. The number of para-hydroxylation sites is 2. The van der Waals surface area contributed by atoms with Gasteiger partial charge in [0, 0.05) is 16.7 Å². The van der Waals surface area contributed by atoms with E-state index in [1.807, 2.05) is 48.5 Å². The number of fused-ring (bicyclic) bond motifs is 1. The van der Waals surface area contributed by atoms with Crippen molar-refractivity contribution >= 4 is 46.5 Å². The Bertz CT molecular complexity index is 1410. The molecular weight excluding hydrogens is 500 g/mol. The third kappa shape index (κ3) is 5.75. The number of nitrogens with one attached hydrogen (secondary N) is 1. The Balaban J connectivity index is 1.46. The summed E-state index contributed by atoms with van der Waals surface area (Å²) in [7, 11) is 4.64. The molecule has 0 atom stereocenters. The lowest BCUT2D eigenvalue weighted by atomic mass is 10.2. The lowest BCUT2D eigenvalue weighted by Crippen LogP contribution is -2.20. The van der Waals surface area contributed by atoms with E-state index in [0.717, 1.165) is 21.8 Å². The summed E-state index contributed by atoms with van der Waals surface area (Å²) in [5.74, 6) is 1.46. The van der Waals surface area contributed by atoms with Gasteiger partial charge in [0.25, 0.3) is 5.91 Å². The summed E-state index contributed by atoms with van der Waals surface area (Å²) in [6, 6.07) is 19.0. The average molecular weight is 525 g/mol. The van der Waals surface area contributed by atoms with Crippen molar-refractivity contribution in [3.05, 3.63) is 76.8 Å². The molecule has 3 aromatic carbocycles. The highest BCUT2D eigenvalue weighted by Gasteiger charge is 2.15. The molecule has 0 saturated carbocycles. The lowest BCUT2D eigenvalue weighted by Gasteiger charge is -2.11. The maximum Gasteiger partial charge on any atom is 0.250 e. The average Bonchev–Trinajstić information content (AvgIpc) is 3.25. The first-order chi connectivity index (χ1) is 17.5. The summed E-state index contributed by atoms with van der Waals surface area (Å²) >= 11 is 7.73. The molecule has 0 saturated heterocycles. The van der Waals surface area contributed by atoms with E-state index in [4.69, 9.17) is 30.8 Å². The van der Waals surface area contributed by atoms with Crippen LogP contribution in [0, 0.1) is 0 Å². The minimum absolute atomic E-state index is 0.131. The molecule has 0 fully saturated rings. The van der Waals surface area contributed by atoms with Crippen molar-refractivity contribution in [2.75, 3.05) is 27.1 Å². The Morgan fingerprint density at radius 2 is 1.72 bits per heavy atom. The van der Waals surface area contributed by atoms with Crippen molar-refractivity contribution in [2.45, 2.75) is 11.7 Å². The molecule has 36 heavy (non-hydrogen) atoms. The number of methoxy groups -OCH3 is 3. The molecule has 0 aliphatic carbocycles. The summed E-state index contributed by atoms with van der Waals surface area (Å²) in [5.41, 5.74) is 5.98. The van der Waals surface area contributed by atoms with Crippen LogP contribution in [-0.2, 0) is 11.3 Å². The molecule has 1 heterocycles. The minimum atomic E-state index is -0.271. The van der Waals surface area contributed by atoms with Gasteiger partial charge in [-0.2, -0.15) is 5.10 Å². The number of nitrogens with zero attached hydrogens (tertiary/aromatic N) is 3. The van der Waals surface area contributed by atoms with Crippen LogP contribution in [0.1, 0.15) is 11.1 Å². The third-order valence-corrected chi connectivity index (χ3v) is 6.71. The Morgan fingerprint density at radius 1 is 1.03 bits per heavy atom. The van der Waals surface area contributed by atoms with Gasteiger partial charge in [0.1, 0.15) is 5.75 Å². The van der Waals surface area contributed by atoms with E-state index < -0.39 is 0 Å². The number of hydrogen-bond acceptors (Lipinski definition) is 7. The van der Waals surface area contributed by atoms with Gasteiger partial charge in [0.2, 0.25) is 0 Å². The monoisotopic (exact) mass is 524 g/mol. The predicted octanol–water partition coefficient (Wildman–Crippen LogP) is 5.01. The summed E-state index contributed by atoms with van der Waals surface area (Å²) in [5, 5.41) is 5.48. The molecule has 1 aromatic heterocycles. The highest BCUT2D eigenvalue weighted by atomic mass is 35.5. The number of amides is 1. The van der Waals surface area contributed by atoms with Crippen LogP contribution in [0.5, 0.6) is 17.2 Å². The van der Waals surface area contributed by atoms with Gasteiger partial charge in [-0.05, 0) is 29.8 Å². The number of hydrazone groups is 1. The van der Waals surface area contributed by atoms with Crippen LogP contribution in [0.4, 0.5) is 0 Å². The number of benzene rings is 3. The van der Waals surface area contributed by atoms with E-state index in [9.17, 15) is 4.79 Å². The minimum Gasteiger partial charge on any atom is -0.496 e. The molecule has 10 heteroatoms. The molecule has 0 aliphatic heterocycles. The van der Waals surface area contributed by atoms with Crippen molar-refractivity contribution in [2.24, 2.45) is 5.10 Å². The van der Waals surface area contributed by atoms with E-state index in [1.54, 1.807) is 33.5 Å². The normalized spacial score (nSPS) is 11.1. The van der Waals surface area contributed by atoms with Gasteiger partial charge in [-0.25, -0.2) is 10.4 Å². The standard InChI is InChI=1S/C26H25ClN4O4S/c1-33-22-13-24(35-3)23(34-2)12-18(22)14-28-30-25(32)16-36-26-29-20-10-6-7-11-21(20)31(26)15-17-8-4-5-9-19(17)27/h4-14H,15-16H2,1-3H3,(H,30,32). The molecule has 0 unspecified atom stereocenters. The van der Waals surface area contributed by atoms with Crippen LogP contribution in [-0.4, -0.2) is 48.8 Å². The highest BCUT2D eigenvalue weighted by Crippen LogP contribution is 2.33. The van der Waals surface area contributed by atoms with Gasteiger partial charge >= 0.3 is 0 Å². The fourth-order valence-corrected chi connectivity index (χ4v) is 4.61. The van der Waals surface area contributed by atoms with Crippen LogP contribution in [0.15, 0.2) is 70.9 Å². The fraction of sp³-hybridized carbons (Fsp3) is 0.192. The first-order valence-corrected chi connectivity index (χ1v) is 12.3. The van der Waals surface area contributed by atoms with Gasteiger partial charge in [-0.15, -0.1) is 0 Å². The molecule has 4 rings (SSSR count). The number of rotatable bonds is 10. The Hall–Kier alpha value is -3.69. The van der Waals surface area contributed by atoms with Crippen molar-refractivity contribution < 1.29 is 19.0 Å². The van der Waals surface area contributed by atoms with Crippen LogP contribution >= 0.6 is 23.4 Å². The van der Waals surface area contributed by atoms with Gasteiger partial charge in [0.15, 0.2) is 16.7 Å². The molecule has 1 amide bonds. The number of carbonyl (C=O) groups excluding carboxylic acids is 1. The van der Waals surface area contributed by atoms with Crippen molar-refractivity contribution in [3.63, 3.8) is 0 Å². The zero-order chi connectivity index (χ0) is 25.5. The number of hydrogen-bond donors (Lipinski definition) is 1. The second-order valence-electron chi connectivity index (χ2n) is 7.59. The topological polar surface area (TPSA) is 87.0 Å². The summed E-state index contributed by atoms with van der Waals surface area (Å²) in [4.78, 5) is 17.3. The molecule has 4 aromatic rings. The summed E-state index contributed by atoms with van der Waals surface area (Å²) in [6.07, 6.45) is 1.50. The van der Waals surface area contributed by atoms with Crippen molar-refractivity contribution in [1.82, 2.24) is 15.0 Å².